The van der Waals surface area contributed by atoms with Gasteiger partial charge < -0.3 is 4.74 Å². The van der Waals surface area contributed by atoms with Gasteiger partial charge in [-0.1, -0.05) is 24.6 Å². The first-order chi connectivity index (χ1) is 11.8. The van der Waals surface area contributed by atoms with Crippen LogP contribution in [0.4, 0.5) is 0 Å². The van der Waals surface area contributed by atoms with E-state index in [1.807, 2.05) is 19.9 Å². The van der Waals surface area contributed by atoms with Gasteiger partial charge in [-0.15, -0.1) is 4.91 Å². The van der Waals surface area contributed by atoms with Gasteiger partial charge in [0.1, 0.15) is 0 Å². The fraction of sp³-hybridized carbons (Fsp3) is 0.353. The average molecular weight is 366 g/mol. The second kappa shape index (κ2) is 9.24. The average Bonchev–Trinajstić information content (AvgIpc) is 2.63. The summed E-state index contributed by atoms with van der Waals surface area (Å²) >= 11 is 0. The Kier molecular flexibility index (Phi) is 7.66. The molecule has 0 fully saturated rings. The lowest BCUT2D eigenvalue weighted by Gasteiger charge is -2.18. The van der Waals surface area contributed by atoms with Crippen LogP contribution in [0.15, 0.2) is 57.8 Å². The van der Waals surface area contributed by atoms with Crippen LogP contribution < -0.4 is 4.72 Å². The normalized spacial score (nSPS) is 14.1. The number of nitroso groups, excluding NO2 is 1. The highest BCUT2D eigenvalue weighted by molar-refractivity contribution is 7.89. The van der Waals surface area contributed by atoms with Crippen molar-refractivity contribution in [3.05, 3.63) is 58.2 Å². The van der Waals surface area contributed by atoms with E-state index >= 15 is 0 Å². The molecule has 1 unspecified atom stereocenters. The fourth-order valence-corrected chi connectivity index (χ4v) is 3.20. The van der Waals surface area contributed by atoms with Gasteiger partial charge in [0.05, 0.1) is 16.7 Å². The Bertz CT molecular complexity index is 797. The number of sulfonamides is 1. The van der Waals surface area contributed by atoms with E-state index in [1.165, 1.54) is 25.3 Å². The molecule has 0 saturated carbocycles. The van der Waals surface area contributed by atoms with Crippen molar-refractivity contribution in [3.8, 4) is 0 Å². The minimum atomic E-state index is -3.96. The van der Waals surface area contributed by atoms with Gasteiger partial charge in [0.15, 0.2) is 0 Å². The zero-order chi connectivity index (χ0) is 19.0. The number of nitrogens with zero attached hydrogens (tertiary/aromatic N) is 1. The highest BCUT2D eigenvalue weighted by Gasteiger charge is 2.20. The van der Waals surface area contributed by atoms with Crippen molar-refractivity contribution in [2.75, 3.05) is 7.11 Å². The minimum Gasteiger partial charge on any atom is -0.376 e. The summed E-state index contributed by atoms with van der Waals surface area (Å²) in [6.45, 7) is 5.53. The third-order valence-electron chi connectivity index (χ3n) is 3.64. The molecule has 1 aromatic carbocycles. The number of rotatable bonds is 8. The van der Waals surface area contributed by atoms with Crippen LogP contribution in [0.5, 0.6) is 0 Å². The van der Waals surface area contributed by atoms with Crippen molar-refractivity contribution in [2.24, 2.45) is 5.18 Å². The number of hydrogen-bond donors (Lipinski definition) is 1. The summed E-state index contributed by atoms with van der Waals surface area (Å²) in [5.41, 5.74) is 1.21. The molecule has 1 atom stereocenters. The summed E-state index contributed by atoms with van der Waals surface area (Å²) in [5, 5.41) is 2.30. The number of nitrogens with one attached hydrogen (secondary N) is 1. The molecule has 1 aromatic rings. The number of allylic oxidation sites excluding steroid dienone is 3. The van der Waals surface area contributed by atoms with Crippen LogP contribution >= 0.6 is 0 Å². The van der Waals surface area contributed by atoms with E-state index in [-0.39, 0.29) is 10.5 Å². The summed E-state index contributed by atoms with van der Waals surface area (Å²) in [4.78, 5) is 21.6. The van der Waals surface area contributed by atoms with Gasteiger partial charge in [0.2, 0.25) is 0 Å². The molecule has 0 radical (unpaired) electrons. The van der Waals surface area contributed by atoms with Gasteiger partial charge in [0.25, 0.3) is 10.0 Å². The molecule has 136 valence electrons. The Hall–Kier alpha value is -2.32. The van der Waals surface area contributed by atoms with Crippen LogP contribution in [0.3, 0.4) is 0 Å². The maximum atomic E-state index is 12.6. The largest absolute Gasteiger partial charge is 0.376 e. The second-order valence-electron chi connectivity index (χ2n) is 5.22. The third kappa shape index (κ3) is 5.61. The van der Waals surface area contributed by atoms with Crippen molar-refractivity contribution in [2.45, 2.75) is 38.2 Å². The molecule has 0 heterocycles. The van der Waals surface area contributed by atoms with E-state index < -0.39 is 22.0 Å². The summed E-state index contributed by atoms with van der Waals surface area (Å²) < 4.78 is 33.0. The maximum absolute atomic E-state index is 12.6. The fourth-order valence-electron chi connectivity index (χ4n) is 2.01. The van der Waals surface area contributed by atoms with E-state index in [9.17, 15) is 18.1 Å². The molecular weight excluding hydrogens is 344 g/mol. The summed E-state index contributed by atoms with van der Waals surface area (Å²) in [7, 11) is -2.49. The molecule has 0 aliphatic heterocycles. The van der Waals surface area contributed by atoms with Gasteiger partial charge >= 0.3 is 5.91 Å². The van der Waals surface area contributed by atoms with E-state index in [2.05, 4.69) is 9.90 Å². The number of benzene rings is 1. The Balaban J connectivity index is 3.28. The van der Waals surface area contributed by atoms with Crippen LogP contribution in [-0.2, 0) is 14.8 Å². The second-order valence-corrected chi connectivity index (χ2v) is 6.91. The molecule has 0 saturated heterocycles. The lowest BCUT2D eigenvalue weighted by Crippen LogP contribution is -2.30. The van der Waals surface area contributed by atoms with Crippen LogP contribution in [0, 0.1) is 4.91 Å². The van der Waals surface area contributed by atoms with Crippen molar-refractivity contribution in [1.29, 1.82) is 0 Å². The predicted octanol–water partition coefficient (Wildman–Crippen LogP) is 3.15. The number of carbonyl (C=O) groups is 1. The smallest absolute Gasteiger partial charge is 0.316 e. The molecule has 25 heavy (non-hydrogen) atoms. The highest BCUT2D eigenvalue weighted by Crippen LogP contribution is 2.17. The van der Waals surface area contributed by atoms with Gasteiger partial charge in [-0.05, 0) is 44.5 Å². The first-order valence-electron chi connectivity index (χ1n) is 7.69. The SMILES string of the molecule is C/C=C(\C=C(\NS(=O)(=O)c1cccc(C(=O)N=O)c1)C(C)OC)CC. The first-order valence-corrected chi connectivity index (χ1v) is 9.17. The maximum Gasteiger partial charge on any atom is 0.316 e. The molecule has 8 heteroatoms. The van der Waals surface area contributed by atoms with E-state index in [1.54, 1.807) is 13.0 Å². The van der Waals surface area contributed by atoms with E-state index in [0.29, 0.717) is 5.70 Å². The number of amides is 1. The van der Waals surface area contributed by atoms with Crippen LogP contribution in [0.2, 0.25) is 0 Å². The van der Waals surface area contributed by atoms with Crippen LogP contribution in [0.25, 0.3) is 0 Å². The molecule has 1 N–H and O–H groups in total. The first kappa shape index (κ1) is 20.7. The monoisotopic (exact) mass is 366 g/mol. The summed E-state index contributed by atoms with van der Waals surface area (Å²) in [5.74, 6) is -1.03. The molecule has 0 bridgehead atoms. The van der Waals surface area contributed by atoms with Crippen molar-refractivity contribution >= 4 is 15.9 Å². The lowest BCUT2D eigenvalue weighted by molar-refractivity contribution is 0.100. The zero-order valence-corrected chi connectivity index (χ0v) is 15.5. The number of carbonyl (C=O) groups excluding carboxylic acids is 1. The Morgan fingerprint density at radius 3 is 2.60 bits per heavy atom. The van der Waals surface area contributed by atoms with Gasteiger partial charge in [0, 0.05) is 17.9 Å². The number of methoxy groups -OCH3 is 1. The molecule has 7 nitrogen and oxygen atoms in total. The Labute approximate surface area is 147 Å². The van der Waals surface area contributed by atoms with Gasteiger partial charge in [-0.25, -0.2) is 8.42 Å². The van der Waals surface area contributed by atoms with Crippen molar-refractivity contribution in [1.82, 2.24) is 4.72 Å². The predicted molar refractivity (Wildman–Crippen MR) is 95.5 cm³/mol. The molecule has 0 aliphatic rings. The molecule has 1 rings (SSSR count). The highest BCUT2D eigenvalue weighted by atomic mass is 32.2. The topological polar surface area (TPSA) is 102 Å². The van der Waals surface area contributed by atoms with E-state index in [0.717, 1.165) is 18.1 Å². The van der Waals surface area contributed by atoms with E-state index in [4.69, 9.17) is 4.74 Å². The summed E-state index contributed by atoms with van der Waals surface area (Å²) in [6, 6.07) is 5.14. The molecule has 0 aliphatic carbocycles. The molecular formula is C17H22N2O5S. The van der Waals surface area contributed by atoms with Gasteiger partial charge in [-0.3, -0.25) is 9.52 Å². The number of hydrogen-bond acceptors (Lipinski definition) is 5. The number of ether oxygens (including phenoxy) is 1. The van der Waals surface area contributed by atoms with Gasteiger partial charge in [-0.2, -0.15) is 0 Å². The lowest BCUT2D eigenvalue weighted by atomic mass is 10.1. The zero-order valence-electron chi connectivity index (χ0n) is 14.6. The van der Waals surface area contributed by atoms with Crippen LogP contribution in [-0.4, -0.2) is 27.5 Å². The quantitative estimate of drug-likeness (QED) is 0.562. The third-order valence-corrected chi connectivity index (χ3v) is 5.02. The van der Waals surface area contributed by atoms with Crippen molar-refractivity contribution < 1.29 is 17.9 Å². The summed E-state index contributed by atoms with van der Waals surface area (Å²) in [6.07, 6.45) is 3.84. The Morgan fingerprint density at radius 2 is 2.08 bits per heavy atom. The molecule has 0 spiro atoms. The molecule has 1 amide bonds. The minimum absolute atomic E-state index is 0.0918. The Morgan fingerprint density at radius 1 is 1.40 bits per heavy atom. The van der Waals surface area contributed by atoms with Crippen LogP contribution in [0.1, 0.15) is 37.6 Å². The van der Waals surface area contributed by atoms with Crippen molar-refractivity contribution in [3.63, 3.8) is 0 Å². The standard InChI is InChI=1S/C17H22N2O5S/c1-5-13(6-2)10-16(12(3)24-4)19-25(22,23)15-9-7-8-14(11-15)17(20)18-21/h5,7-12,19H,6H2,1-4H3/b13-5-,16-10+. The molecule has 0 aromatic heterocycles.